The van der Waals surface area contributed by atoms with Gasteiger partial charge >= 0.3 is 5.97 Å². The van der Waals surface area contributed by atoms with Crippen molar-refractivity contribution in [3.8, 4) is 34.1 Å². The van der Waals surface area contributed by atoms with Gasteiger partial charge in [0, 0.05) is 27.9 Å². The van der Waals surface area contributed by atoms with Crippen molar-refractivity contribution >= 4 is 40.7 Å². The molecule has 3 aromatic carbocycles. The summed E-state index contributed by atoms with van der Waals surface area (Å²) in [5.74, 6) is 0.527. The first kappa shape index (κ1) is 25.1. The molecule has 0 N–H and O–H groups in total. The molecule has 0 fully saturated rings. The van der Waals surface area contributed by atoms with Gasteiger partial charge in [0.2, 0.25) is 5.88 Å². The zero-order valence-corrected chi connectivity index (χ0v) is 21.8. The van der Waals surface area contributed by atoms with E-state index in [1.165, 1.54) is 7.11 Å². The van der Waals surface area contributed by atoms with Crippen molar-refractivity contribution in [2.75, 3.05) is 7.11 Å². The van der Waals surface area contributed by atoms with Crippen molar-refractivity contribution in [1.82, 2.24) is 15.3 Å². The quantitative estimate of drug-likeness (QED) is 0.185. The predicted molar refractivity (Wildman–Crippen MR) is 151 cm³/mol. The molecule has 0 amide bonds. The molecule has 40 heavy (non-hydrogen) atoms. The average molecular weight is 550 g/mol. The minimum absolute atomic E-state index is 0.208. The number of carbonyl (C=O) groups is 1. The highest BCUT2D eigenvalue weighted by atomic mass is 35.5. The van der Waals surface area contributed by atoms with E-state index in [9.17, 15) is 4.79 Å². The van der Waals surface area contributed by atoms with E-state index >= 15 is 0 Å². The minimum atomic E-state index is -0.569. The summed E-state index contributed by atoms with van der Waals surface area (Å²) >= 11 is 6.03. The number of carbonyl (C=O) groups excluding carboxylic acids is 1. The van der Waals surface area contributed by atoms with E-state index in [4.69, 9.17) is 30.1 Å². The lowest BCUT2D eigenvalue weighted by atomic mass is 10.0. The van der Waals surface area contributed by atoms with Gasteiger partial charge in [0.1, 0.15) is 28.1 Å². The fraction of sp³-hybridized carbons (Fsp3) is 0.0323. The van der Waals surface area contributed by atoms with E-state index < -0.39 is 5.97 Å². The molecule has 0 radical (unpaired) electrons. The smallest absolute Gasteiger partial charge is 0.344 e. The van der Waals surface area contributed by atoms with Gasteiger partial charge in [-0.1, -0.05) is 82.6 Å². The zero-order valence-electron chi connectivity index (χ0n) is 21.1. The summed E-state index contributed by atoms with van der Waals surface area (Å²) in [4.78, 5) is 17.3. The number of nitrogens with zero attached hydrogens (tertiary/aromatic N) is 3. The number of aromatic nitrogens is 3. The Balaban J connectivity index is 1.45. The normalized spacial score (nSPS) is 11.2. The molecular weight excluding hydrogens is 530 g/mol. The van der Waals surface area contributed by atoms with Crippen LogP contribution in [0.3, 0.4) is 0 Å². The summed E-state index contributed by atoms with van der Waals surface area (Å²) in [5, 5.41) is 9.65. The third-order valence-electron chi connectivity index (χ3n) is 6.13. The number of pyridine rings is 1. The molecule has 0 atom stereocenters. The molecule has 8 nitrogen and oxygen atoms in total. The monoisotopic (exact) mass is 549 g/mol. The fourth-order valence-corrected chi connectivity index (χ4v) is 4.34. The number of ether oxygens (including phenoxy) is 2. The van der Waals surface area contributed by atoms with Gasteiger partial charge in [-0.15, -0.1) is 0 Å². The maximum atomic E-state index is 12.7. The average Bonchev–Trinajstić information content (AvgIpc) is 3.64. The van der Waals surface area contributed by atoms with Crippen LogP contribution >= 0.6 is 11.6 Å². The van der Waals surface area contributed by atoms with Gasteiger partial charge in [-0.3, -0.25) is 0 Å². The van der Waals surface area contributed by atoms with E-state index in [0.29, 0.717) is 44.6 Å². The Kier molecular flexibility index (Phi) is 6.82. The molecule has 6 aromatic rings. The first-order valence-electron chi connectivity index (χ1n) is 12.2. The zero-order chi connectivity index (χ0) is 27.5. The molecule has 0 unspecified atom stereocenters. The number of benzene rings is 3. The van der Waals surface area contributed by atoms with E-state index in [2.05, 4.69) is 15.3 Å². The molecule has 0 aliphatic rings. The second kappa shape index (κ2) is 10.9. The molecule has 3 heterocycles. The minimum Gasteiger partial charge on any atom is -0.465 e. The lowest BCUT2D eigenvalue weighted by Crippen LogP contribution is -2.03. The molecule has 0 saturated carbocycles. The molecule has 9 heteroatoms. The van der Waals surface area contributed by atoms with Gasteiger partial charge in [-0.25, -0.2) is 9.78 Å². The van der Waals surface area contributed by atoms with Crippen molar-refractivity contribution < 1.29 is 23.3 Å². The van der Waals surface area contributed by atoms with Crippen molar-refractivity contribution in [2.45, 2.75) is 0 Å². The molecule has 0 bridgehead atoms. The maximum Gasteiger partial charge on any atom is 0.344 e. The number of rotatable bonds is 7. The van der Waals surface area contributed by atoms with E-state index in [1.54, 1.807) is 42.6 Å². The molecular formula is C31H20ClN3O5. The van der Waals surface area contributed by atoms with Crippen molar-refractivity contribution in [1.29, 1.82) is 0 Å². The van der Waals surface area contributed by atoms with Crippen LogP contribution in [-0.4, -0.2) is 28.4 Å². The lowest BCUT2D eigenvalue weighted by molar-refractivity contribution is 0.0600. The molecule has 0 spiro atoms. The van der Waals surface area contributed by atoms with Gasteiger partial charge in [-0.05, 0) is 36.4 Å². The topological polar surface area (TPSA) is 100 Å². The standard InChI is InChI=1S/C31H20ClN3O5/c1-37-31(36)25-24(39-34-27(25)19-8-4-2-5-9-19)17-12-21-18-33-30(38-23-15-13-22(32)14-16-23)26-28(35-40-29(21)26)20-10-6-3-7-11-20/h2-18H,1H3/b17-12+. The predicted octanol–water partition coefficient (Wildman–Crippen LogP) is 7.95. The summed E-state index contributed by atoms with van der Waals surface area (Å²) < 4.78 is 22.5. The summed E-state index contributed by atoms with van der Waals surface area (Å²) in [6.45, 7) is 0. The third kappa shape index (κ3) is 4.83. The van der Waals surface area contributed by atoms with Crippen LogP contribution in [0.1, 0.15) is 21.7 Å². The summed E-state index contributed by atoms with van der Waals surface area (Å²) in [5.41, 5.74) is 3.75. The van der Waals surface area contributed by atoms with E-state index in [-0.39, 0.29) is 11.3 Å². The van der Waals surface area contributed by atoms with Crippen LogP contribution < -0.4 is 4.74 Å². The first-order valence-corrected chi connectivity index (χ1v) is 12.6. The van der Waals surface area contributed by atoms with Crippen LogP contribution in [0.2, 0.25) is 5.02 Å². The Bertz CT molecular complexity index is 1830. The van der Waals surface area contributed by atoms with Gasteiger partial charge in [0.25, 0.3) is 0 Å². The highest BCUT2D eigenvalue weighted by Crippen LogP contribution is 2.38. The number of hydrogen-bond acceptors (Lipinski definition) is 8. The van der Waals surface area contributed by atoms with Crippen LogP contribution in [0.4, 0.5) is 0 Å². The summed E-state index contributed by atoms with van der Waals surface area (Å²) in [6.07, 6.45) is 4.92. The summed E-state index contributed by atoms with van der Waals surface area (Å²) in [6, 6.07) is 25.8. The van der Waals surface area contributed by atoms with Gasteiger partial charge < -0.3 is 18.5 Å². The Morgan fingerprint density at radius 1 is 0.825 bits per heavy atom. The maximum absolute atomic E-state index is 12.7. The SMILES string of the molecule is COC(=O)c1c(-c2ccccc2)noc1/C=C/c1cnc(Oc2ccc(Cl)cc2)c2c(-c3ccccc3)noc12. The van der Waals surface area contributed by atoms with Crippen LogP contribution in [0.5, 0.6) is 11.6 Å². The third-order valence-corrected chi connectivity index (χ3v) is 6.39. The van der Waals surface area contributed by atoms with Crippen molar-refractivity contribution in [3.05, 3.63) is 113 Å². The summed E-state index contributed by atoms with van der Waals surface area (Å²) in [7, 11) is 1.31. The molecule has 0 saturated heterocycles. The highest BCUT2D eigenvalue weighted by Gasteiger charge is 2.24. The lowest BCUT2D eigenvalue weighted by Gasteiger charge is -2.07. The largest absolute Gasteiger partial charge is 0.465 e. The van der Waals surface area contributed by atoms with Crippen LogP contribution in [0.15, 0.2) is 100 Å². The Labute approximate surface area is 233 Å². The number of halogens is 1. The number of esters is 1. The number of fused-ring (bicyclic) bond motifs is 1. The van der Waals surface area contributed by atoms with Crippen LogP contribution in [0, 0.1) is 0 Å². The van der Waals surface area contributed by atoms with Gasteiger partial charge in [-0.2, -0.15) is 0 Å². The second-order valence-corrected chi connectivity index (χ2v) is 9.07. The van der Waals surface area contributed by atoms with Gasteiger partial charge in [0.15, 0.2) is 11.3 Å². The second-order valence-electron chi connectivity index (χ2n) is 8.64. The Morgan fingerprint density at radius 2 is 1.48 bits per heavy atom. The van der Waals surface area contributed by atoms with E-state index in [1.807, 2.05) is 60.7 Å². The van der Waals surface area contributed by atoms with Crippen LogP contribution in [-0.2, 0) is 4.74 Å². The molecule has 6 rings (SSSR count). The molecule has 0 aliphatic carbocycles. The number of hydrogen-bond donors (Lipinski definition) is 0. The van der Waals surface area contributed by atoms with E-state index in [0.717, 1.165) is 11.1 Å². The molecule has 196 valence electrons. The number of methoxy groups -OCH3 is 1. The van der Waals surface area contributed by atoms with Gasteiger partial charge in [0.05, 0.1) is 7.11 Å². The van der Waals surface area contributed by atoms with Crippen molar-refractivity contribution in [3.63, 3.8) is 0 Å². The highest BCUT2D eigenvalue weighted by molar-refractivity contribution is 6.30. The first-order chi connectivity index (χ1) is 19.6. The fourth-order valence-electron chi connectivity index (χ4n) is 4.21. The molecule has 0 aliphatic heterocycles. The Morgan fingerprint density at radius 3 is 2.15 bits per heavy atom. The van der Waals surface area contributed by atoms with Crippen LogP contribution in [0.25, 0.3) is 45.6 Å². The Hall–Kier alpha value is -5.21. The van der Waals surface area contributed by atoms with Crippen molar-refractivity contribution in [2.24, 2.45) is 0 Å². The molecule has 3 aromatic heterocycles.